The largest absolute Gasteiger partial charge is 0.352 e. The van der Waals surface area contributed by atoms with Crippen LogP contribution in [0.5, 0.6) is 0 Å². The molecule has 3 fully saturated rings. The molecule has 1 aliphatic carbocycles. The highest BCUT2D eigenvalue weighted by Gasteiger charge is 2.30. The summed E-state index contributed by atoms with van der Waals surface area (Å²) in [7, 11) is 1.83. The Morgan fingerprint density at radius 2 is 1.87 bits per heavy atom. The summed E-state index contributed by atoms with van der Waals surface area (Å²) in [6, 6.07) is 9.30. The predicted octanol–water partition coefficient (Wildman–Crippen LogP) is 3.61. The highest BCUT2D eigenvalue weighted by atomic mass is 127. The maximum absolute atomic E-state index is 12.3. The number of nitrogens with zero attached hydrogens (tertiary/aromatic N) is 3. The molecule has 1 unspecified atom stereocenters. The summed E-state index contributed by atoms with van der Waals surface area (Å²) < 4.78 is 0. The number of nitrogens with one attached hydrogen (secondary N) is 3. The van der Waals surface area contributed by atoms with Crippen LogP contribution in [-0.4, -0.2) is 67.1 Å². The summed E-state index contributed by atoms with van der Waals surface area (Å²) in [5, 5.41) is 10.0. The molecule has 3 N–H and O–H groups in total. The number of rotatable bonds is 5. The van der Waals surface area contributed by atoms with Crippen molar-refractivity contribution in [1.82, 2.24) is 20.4 Å². The summed E-state index contributed by atoms with van der Waals surface area (Å²) in [6.07, 6.45) is 8.88. The van der Waals surface area contributed by atoms with Gasteiger partial charge in [-0.15, -0.1) is 24.0 Å². The van der Waals surface area contributed by atoms with E-state index in [0.29, 0.717) is 12.6 Å². The van der Waals surface area contributed by atoms with E-state index in [2.05, 4.69) is 31.9 Å². The van der Waals surface area contributed by atoms with Crippen molar-refractivity contribution < 1.29 is 4.79 Å². The molecular weight excluding hydrogens is 503 g/mol. The molecule has 31 heavy (non-hydrogen) atoms. The minimum absolute atomic E-state index is 0. The highest BCUT2D eigenvalue weighted by molar-refractivity contribution is 14.0. The van der Waals surface area contributed by atoms with E-state index in [1.54, 1.807) is 0 Å². The second-order valence-corrected chi connectivity index (χ2v) is 8.81. The molecule has 0 radical (unpaired) electrons. The van der Waals surface area contributed by atoms with Crippen LogP contribution in [0.15, 0.2) is 29.3 Å². The number of hydrogen-bond donors (Lipinski definition) is 3. The second kappa shape index (κ2) is 11.9. The first-order chi connectivity index (χ1) is 14.7. The van der Waals surface area contributed by atoms with Gasteiger partial charge in [0.25, 0.3) is 0 Å². The Labute approximate surface area is 203 Å². The summed E-state index contributed by atoms with van der Waals surface area (Å²) >= 11 is 0. The average Bonchev–Trinajstić information content (AvgIpc) is 3.53. The smallest absolute Gasteiger partial charge is 0.321 e. The minimum atomic E-state index is 0. The average molecular weight is 540 g/mol. The van der Waals surface area contributed by atoms with Crippen LogP contribution in [0.2, 0.25) is 0 Å². The number of likely N-dealkylation sites (tertiary alicyclic amines) is 2. The monoisotopic (exact) mass is 540 g/mol. The van der Waals surface area contributed by atoms with Gasteiger partial charge in [0.15, 0.2) is 5.96 Å². The quantitative estimate of drug-likeness (QED) is 0.303. The number of aliphatic imine (C=N–C) groups is 1. The summed E-state index contributed by atoms with van der Waals surface area (Å²) in [5.41, 5.74) is 1.97. The first kappa shape index (κ1) is 24.1. The van der Waals surface area contributed by atoms with Crippen LogP contribution in [0, 0.1) is 0 Å². The Morgan fingerprint density at radius 3 is 2.61 bits per heavy atom. The van der Waals surface area contributed by atoms with Crippen molar-refractivity contribution >= 4 is 41.7 Å². The SMILES string of the molecule is CN=C(NCc1cccc(NC(=O)N2CCCC2)c1)NC1CCN(C2CCCC2)C1.I. The highest BCUT2D eigenvalue weighted by Crippen LogP contribution is 2.26. The van der Waals surface area contributed by atoms with Gasteiger partial charge in [-0.2, -0.15) is 0 Å². The molecule has 0 bridgehead atoms. The molecule has 3 aliphatic rings. The fraction of sp³-hybridized carbons (Fsp3) is 0.652. The van der Waals surface area contributed by atoms with E-state index < -0.39 is 0 Å². The van der Waals surface area contributed by atoms with Gasteiger partial charge in [-0.1, -0.05) is 25.0 Å². The summed E-state index contributed by atoms with van der Waals surface area (Å²) in [5.74, 6) is 0.847. The van der Waals surface area contributed by atoms with Crippen LogP contribution in [0.4, 0.5) is 10.5 Å². The Balaban J connectivity index is 0.00000272. The van der Waals surface area contributed by atoms with E-state index in [9.17, 15) is 4.79 Å². The molecule has 2 heterocycles. The van der Waals surface area contributed by atoms with Crippen molar-refractivity contribution in [2.45, 2.75) is 63.6 Å². The lowest BCUT2D eigenvalue weighted by atomic mass is 10.2. The van der Waals surface area contributed by atoms with E-state index in [1.165, 1.54) is 38.6 Å². The summed E-state index contributed by atoms with van der Waals surface area (Å²) in [6.45, 7) is 4.69. The number of anilines is 1. The maximum atomic E-state index is 12.3. The molecule has 1 aromatic carbocycles. The van der Waals surface area contributed by atoms with Crippen molar-refractivity contribution in [3.8, 4) is 0 Å². The predicted molar refractivity (Wildman–Crippen MR) is 137 cm³/mol. The van der Waals surface area contributed by atoms with Crippen LogP contribution in [-0.2, 0) is 6.54 Å². The number of guanidine groups is 1. The topological polar surface area (TPSA) is 72.0 Å². The number of carbonyl (C=O) groups is 1. The zero-order chi connectivity index (χ0) is 20.8. The lowest BCUT2D eigenvalue weighted by Gasteiger charge is -2.24. The van der Waals surface area contributed by atoms with Crippen molar-refractivity contribution in [2.24, 2.45) is 4.99 Å². The zero-order valence-electron chi connectivity index (χ0n) is 18.6. The molecule has 4 rings (SSSR count). The van der Waals surface area contributed by atoms with Crippen molar-refractivity contribution in [2.75, 3.05) is 38.5 Å². The van der Waals surface area contributed by atoms with Crippen molar-refractivity contribution in [1.29, 1.82) is 0 Å². The van der Waals surface area contributed by atoms with Crippen molar-refractivity contribution in [3.63, 3.8) is 0 Å². The van der Waals surface area contributed by atoms with Gasteiger partial charge in [0.1, 0.15) is 0 Å². The number of benzene rings is 1. The van der Waals surface area contributed by atoms with E-state index in [-0.39, 0.29) is 30.0 Å². The van der Waals surface area contributed by atoms with Crippen molar-refractivity contribution in [3.05, 3.63) is 29.8 Å². The lowest BCUT2D eigenvalue weighted by molar-refractivity contribution is 0.222. The lowest BCUT2D eigenvalue weighted by Crippen LogP contribution is -2.45. The first-order valence-corrected chi connectivity index (χ1v) is 11.6. The van der Waals surface area contributed by atoms with Crippen LogP contribution in [0.1, 0.15) is 50.5 Å². The molecule has 1 aromatic rings. The molecule has 2 amide bonds. The van der Waals surface area contributed by atoms with Crippen LogP contribution < -0.4 is 16.0 Å². The Hall–Kier alpha value is -1.55. The van der Waals surface area contributed by atoms with E-state index in [0.717, 1.165) is 55.7 Å². The second-order valence-electron chi connectivity index (χ2n) is 8.81. The molecule has 0 spiro atoms. The number of urea groups is 1. The molecule has 0 aromatic heterocycles. The third-order valence-corrected chi connectivity index (χ3v) is 6.66. The molecule has 1 saturated carbocycles. The third-order valence-electron chi connectivity index (χ3n) is 6.66. The Bertz CT molecular complexity index is 745. The Kier molecular flexibility index (Phi) is 9.25. The number of carbonyl (C=O) groups excluding carboxylic acids is 1. The van der Waals surface area contributed by atoms with E-state index in [4.69, 9.17) is 0 Å². The van der Waals surface area contributed by atoms with Crippen LogP contribution in [0.25, 0.3) is 0 Å². The molecular formula is C23H37IN6O. The van der Waals surface area contributed by atoms with Gasteiger partial charge >= 0.3 is 6.03 Å². The normalized spacial score (nSPS) is 22.4. The maximum Gasteiger partial charge on any atom is 0.321 e. The standard InChI is InChI=1S/C23H36N6O.HI/c1-24-22(26-20-11-14-29(17-20)21-9-2-3-10-21)25-16-18-7-6-8-19(15-18)27-23(30)28-12-4-5-13-28;/h6-8,15,20-21H,2-5,9-14,16-17H2,1H3,(H,27,30)(H2,24,25,26);1H. The summed E-state index contributed by atoms with van der Waals surface area (Å²) in [4.78, 5) is 21.3. The molecule has 2 saturated heterocycles. The van der Waals surface area contributed by atoms with Crippen LogP contribution >= 0.6 is 24.0 Å². The molecule has 8 heteroatoms. The number of halogens is 1. The van der Waals surface area contributed by atoms with Crippen LogP contribution in [0.3, 0.4) is 0 Å². The molecule has 7 nitrogen and oxygen atoms in total. The first-order valence-electron chi connectivity index (χ1n) is 11.6. The Morgan fingerprint density at radius 1 is 1.10 bits per heavy atom. The van der Waals surface area contributed by atoms with Gasteiger partial charge in [-0.05, 0) is 49.8 Å². The fourth-order valence-electron chi connectivity index (χ4n) is 4.96. The fourth-order valence-corrected chi connectivity index (χ4v) is 4.96. The van der Waals surface area contributed by atoms with Gasteiger partial charge in [0.05, 0.1) is 0 Å². The van der Waals surface area contributed by atoms with E-state index >= 15 is 0 Å². The van der Waals surface area contributed by atoms with E-state index in [1.807, 2.05) is 30.1 Å². The van der Waals surface area contributed by atoms with Gasteiger partial charge in [-0.25, -0.2) is 4.79 Å². The minimum Gasteiger partial charge on any atom is -0.352 e. The number of hydrogen-bond acceptors (Lipinski definition) is 3. The molecule has 172 valence electrons. The molecule has 1 atom stereocenters. The van der Waals surface area contributed by atoms with Gasteiger partial charge in [-0.3, -0.25) is 9.89 Å². The number of amides is 2. The third kappa shape index (κ3) is 6.71. The van der Waals surface area contributed by atoms with Gasteiger partial charge in [0, 0.05) is 57.5 Å². The van der Waals surface area contributed by atoms with Gasteiger partial charge in [0.2, 0.25) is 0 Å². The van der Waals surface area contributed by atoms with Gasteiger partial charge < -0.3 is 20.9 Å². The zero-order valence-corrected chi connectivity index (χ0v) is 20.9. The molecule has 2 aliphatic heterocycles.